The number of amides is 1. The molecule has 1 aromatic rings. The highest BCUT2D eigenvalue weighted by molar-refractivity contribution is 6.03. The van der Waals surface area contributed by atoms with Gasteiger partial charge in [-0.05, 0) is 31.0 Å². The van der Waals surface area contributed by atoms with Crippen LogP contribution in [0.1, 0.15) is 29.3 Å². The van der Waals surface area contributed by atoms with Crippen LogP contribution in [0.15, 0.2) is 18.2 Å². The van der Waals surface area contributed by atoms with Crippen LogP contribution in [0.2, 0.25) is 0 Å². The van der Waals surface area contributed by atoms with Crippen molar-refractivity contribution in [3.05, 3.63) is 29.3 Å². The molecule has 4 heteroatoms. The van der Waals surface area contributed by atoms with E-state index in [1.165, 1.54) is 0 Å². The van der Waals surface area contributed by atoms with E-state index in [0.717, 1.165) is 49.3 Å². The number of nitrogens with zero attached hydrogens (tertiary/aromatic N) is 1. The van der Waals surface area contributed by atoms with Crippen molar-refractivity contribution in [3.63, 3.8) is 0 Å². The number of benzene rings is 1. The summed E-state index contributed by atoms with van der Waals surface area (Å²) in [5.74, 6) is 0.0885. The van der Waals surface area contributed by atoms with E-state index in [1.807, 2.05) is 0 Å². The molecular weight excluding hydrogens is 226 g/mol. The monoisotopic (exact) mass is 245 g/mol. The average molecular weight is 245 g/mol. The Morgan fingerprint density at radius 3 is 3.11 bits per heavy atom. The molecule has 0 spiro atoms. The van der Waals surface area contributed by atoms with Gasteiger partial charge in [0, 0.05) is 13.1 Å². The molecule has 0 saturated carbocycles. The second kappa shape index (κ2) is 4.61. The second-order valence-corrected chi connectivity index (χ2v) is 4.89. The Bertz CT molecular complexity index is 472. The molecule has 1 atom stereocenters. The Morgan fingerprint density at radius 1 is 1.39 bits per heavy atom. The van der Waals surface area contributed by atoms with Crippen LogP contribution < -0.4 is 15.5 Å². The lowest BCUT2D eigenvalue weighted by Crippen LogP contribution is -2.53. The predicted octanol–water partition coefficient (Wildman–Crippen LogP) is 1.12. The fraction of sp³-hybridized carbons (Fsp3) is 0.500. The fourth-order valence-corrected chi connectivity index (χ4v) is 2.92. The molecular formula is C14H19N3O. The summed E-state index contributed by atoms with van der Waals surface area (Å²) in [6, 6.07) is 6.19. The lowest BCUT2D eigenvalue weighted by atomic mass is 9.98. The van der Waals surface area contributed by atoms with Gasteiger partial charge < -0.3 is 15.5 Å². The first-order chi connectivity index (χ1) is 8.81. The van der Waals surface area contributed by atoms with Gasteiger partial charge in [-0.25, -0.2) is 0 Å². The topological polar surface area (TPSA) is 44.4 Å². The molecule has 4 nitrogen and oxygen atoms in total. The molecule has 18 heavy (non-hydrogen) atoms. The molecule has 1 unspecified atom stereocenters. The molecule has 1 amide bonds. The number of aryl methyl sites for hydroxylation is 1. The third-order valence-corrected chi connectivity index (χ3v) is 3.84. The SMILES string of the molecule is CCc1cccc2c1C(=O)NC1CCNCCN21. The van der Waals surface area contributed by atoms with Crippen molar-refractivity contribution in [2.45, 2.75) is 25.9 Å². The largest absolute Gasteiger partial charge is 0.349 e. The van der Waals surface area contributed by atoms with Crippen molar-refractivity contribution in [1.82, 2.24) is 10.6 Å². The maximum absolute atomic E-state index is 12.3. The van der Waals surface area contributed by atoms with E-state index in [-0.39, 0.29) is 12.1 Å². The summed E-state index contributed by atoms with van der Waals surface area (Å²) in [7, 11) is 0. The molecule has 1 fully saturated rings. The second-order valence-electron chi connectivity index (χ2n) is 4.89. The Labute approximate surface area is 107 Å². The van der Waals surface area contributed by atoms with Gasteiger partial charge in [0.05, 0.1) is 11.3 Å². The number of nitrogens with one attached hydrogen (secondary N) is 2. The van der Waals surface area contributed by atoms with E-state index in [1.54, 1.807) is 0 Å². The number of fused-ring (bicyclic) bond motifs is 3. The molecule has 0 aromatic heterocycles. The predicted molar refractivity (Wildman–Crippen MR) is 71.9 cm³/mol. The fourth-order valence-electron chi connectivity index (χ4n) is 2.92. The standard InChI is InChI=1S/C14H19N3O/c1-2-10-4-3-5-11-13(10)14(18)16-12-6-7-15-8-9-17(11)12/h3-5,12,15H,2,6-9H2,1H3,(H,16,18). The van der Waals surface area contributed by atoms with E-state index >= 15 is 0 Å². The summed E-state index contributed by atoms with van der Waals surface area (Å²) >= 11 is 0. The highest BCUT2D eigenvalue weighted by Gasteiger charge is 2.32. The summed E-state index contributed by atoms with van der Waals surface area (Å²) in [5.41, 5.74) is 3.12. The van der Waals surface area contributed by atoms with Crippen LogP contribution in [0, 0.1) is 0 Å². The Balaban J connectivity index is 2.08. The van der Waals surface area contributed by atoms with Crippen molar-refractivity contribution in [1.29, 1.82) is 0 Å². The molecule has 2 N–H and O–H groups in total. The summed E-state index contributed by atoms with van der Waals surface area (Å²) in [4.78, 5) is 14.6. The van der Waals surface area contributed by atoms with Crippen molar-refractivity contribution in [3.8, 4) is 0 Å². The maximum Gasteiger partial charge on any atom is 0.255 e. The highest BCUT2D eigenvalue weighted by atomic mass is 16.2. The average Bonchev–Trinajstić information content (AvgIpc) is 2.63. The number of rotatable bonds is 1. The molecule has 2 heterocycles. The molecule has 1 aromatic carbocycles. The van der Waals surface area contributed by atoms with Gasteiger partial charge in [0.25, 0.3) is 5.91 Å². The minimum atomic E-state index is 0.0885. The lowest BCUT2D eigenvalue weighted by Gasteiger charge is -2.38. The third-order valence-electron chi connectivity index (χ3n) is 3.84. The van der Waals surface area contributed by atoms with Crippen molar-refractivity contribution in [2.24, 2.45) is 0 Å². The Hall–Kier alpha value is -1.55. The van der Waals surface area contributed by atoms with Crippen molar-refractivity contribution < 1.29 is 4.79 Å². The zero-order chi connectivity index (χ0) is 12.5. The highest BCUT2D eigenvalue weighted by Crippen LogP contribution is 2.30. The van der Waals surface area contributed by atoms with Crippen LogP contribution in [0.4, 0.5) is 5.69 Å². The van der Waals surface area contributed by atoms with Crippen LogP contribution >= 0.6 is 0 Å². The van der Waals surface area contributed by atoms with Crippen LogP contribution in [0.25, 0.3) is 0 Å². The number of carbonyl (C=O) groups is 1. The lowest BCUT2D eigenvalue weighted by molar-refractivity contribution is 0.0925. The molecule has 0 radical (unpaired) electrons. The molecule has 2 aliphatic rings. The van der Waals surface area contributed by atoms with Crippen molar-refractivity contribution in [2.75, 3.05) is 24.5 Å². The van der Waals surface area contributed by atoms with Gasteiger partial charge >= 0.3 is 0 Å². The summed E-state index contributed by atoms with van der Waals surface area (Å²) in [6.45, 7) is 4.98. The number of anilines is 1. The van der Waals surface area contributed by atoms with E-state index in [9.17, 15) is 4.79 Å². The van der Waals surface area contributed by atoms with Crippen LogP contribution in [0.3, 0.4) is 0 Å². The van der Waals surface area contributed by atoms with Gasteiger partial charge in [-0.3, -0.25) is 4.79 Å². The van der Waals surface area contributed by atoms with Crippen LogP contribution in [-0.2, 0) is 6.42 Å². The third kappa shape index (κ3) is 1.77. The van der Waals surface area contributed by atoms with Gasteiger partial charge in [0.1, 0.15) is 6.17 Å². The number of carbonyl (C=O) groups excluding carboxylic acids is 1. The van der Waals surface area contributed by atoms with Crippen LogP contribution in [-0.4, -0.2) is 31.7 Å². The van der Waals surface area contributed by atoms with E-state index in [4.69, 9.17) is 0 Å². The van der Waals surface area contributed by atoms with E-state index in [0.29, 0.717) is 0 Å². The first-order valence-electron chi connectivity index (χ1n) is 6.71. The summed E-state index contributed by atoms with van der Waals surface area (Å²) in [5, 5.41) is 6.52. The van der Waals surface area contributed by atoms with Crippen molar-refractivity contribution >= 4 is 11.6 Å². The van der Waals surface area contributed by atoms with E-state index < -0.39 is 0 Å². The minimum Gasteiger partial charge on any atom is -0.349 e. The quantitative estimate of drug-likeness (QED) is 0.779. The van der Waals surface area contributed by atoms with Gasteiger partial charge in [0.15, 0.2) is 0 Å². The van der Waals surface area contributed by atoms with E-state index in [2.05, 4.69) is 40.7 Å². The minimum absolute atomic E-state index is 0.0885. The van der Waals surface area contributed by atoms with Gasteiger partial charge in [-0.2, -0.15) is 0 Å². The molecule has 96 valence electrons. The number of hydrogen-bond acceptors (Lipinski definition) is 3. The summed E-state index contributed by atoms with van der Waals surface area (Å²) in [6.07, 6.45) is 2.00. The summed E-state index contributed by atoms with van der Waals surface area (Å²) < 4.78 is 0. The first-order valence-corrected chi connectivity index (χ1v) is 6.71. The maximum atomic E-state index is 12.3. The molecule has 3 rings (SSSR count). The molecule has 2 aliphatic heterocycles. The zero-order valence-corrected chi connectivity index (χ0v) is 10.7. The normalized spacial score (nSPS) is 22.8. The Kier molecular flexibility index (Phi) is 2.96. The molecule has 0 aliphatic carbocycles. The number of hydrogen-bond donors (Lipinski definition) is 2. The zero-order valence-electron chi connectivity index (χ0n) is 10.7. The Morgan fingerprint density at radius 2 is 2.28 bits per heavy atom. The van der Waals surface area contributed by atoms with Gasteiger partial charge in [-0.15, -0.1) is 0 Å². The van der Waals surface area contributed by atoms with Crippen LogP contribution in [0.5, 0.6) is 0 Å². The van der Waals surface area contributed by atoms with Gasteiger partial charge in [0.2, 0.25) is 0 Å². The molecule has 1 saturated heterocycles. The smallest absolute Gasteiger partial charge is 0.255 e. The van der Waals surface area contributed by atoms with Gasteiger partial charge in [-0.1, -0.05) is 19.1 Å². The molecule has 0 bridgehead atoms. The first kappa shape index (κ1) is 11.5.